The second-order valence-electron chi connectivity index (χ2n) is 3.86. The van der Waals surface area contributed by atoms with Crippen molar-refractivity contribution in [2.45, 2.75) is 19.8 Å². The molecule has 0 aliphatic carbocycles. The van der Waals surface area contributed by atoms with Crippen LogP contribution in [0.3, 0.4) is 0 Å². The molecule has 3 aromatic rings. The molecule has 16 heavy (non-hydrogen) atoms. The van der Waals surface area contributed by atoms with Gasteiger partial charge in [0.25, 0.3) is 5.89 Å². The molecule has 0 N–H and O–H groups in total. The standard InChI is InChI=1S/C11H10N2OS2/c1-6(2)10-12-13-11(14-10)9-5-8-7(16-9)3-4-15-8/h3-6H,1-2H3. The van der Waals surface area contributed by atoms with E-state index in [1.807, 2.05) is 13.8 Å². The third kappa shape index (κ3) is 1.56. The van der Waals surface area contributed by atoms with E-state index >= 15 is 0 Å². The zero-order valence-electron chi connectivity index (χ0n) is 8.93. The van der Waals surface area contributed by atoms with E-state index in [9.17, 15) is 0 Å². The Labute approximate surface area is 101 Å². The monoisotopic (exact) mass is 250 g/mol. The third-order valence-corrected chi connectivity index (χ3v) is 4.37. The summed E-state index contributed by atoms with van der Waals surface area (Å²) in [7, 11) is 0. The van der Waals surface area contributed by atoms with E-state index in [-0.39, 0.29) is 5.92 Å². The maximum atomic E-state index is 5.62. The molecule has 0 saturated heterocycles. The minimum atomic E-state index is 0.280. The van der Waals surface area contributed by atoms with Crippen molar-refractivity contribution >= 4 is 32.1 Å². The quantitative estimate of drug-likeness (QED) is 0.686. The number of rotatable bonds is 2. The van der Waals surface area contributed by atoms with E-state index in [0.717, 1.165) is 4.88 Å². The van der Waals surface area contributed by atoms with Crippen molar-refractivity contribution in [1.29, 1.82) is 0 Å². The van der Waals surface area contributed by atoms with Gasteiger partial charge in [-0.2, -0.15) is 0 Å². The molecule has 0 fully saturated rings. The predicted molar refractivity (Wildman–Crippen MR) is 67.1 cm³/mol. The van der Waals surface area contributed by atoms with Crippen LogP contribution in [-0.4, -0.2) is 10.2 Å². The summed E-state index contributed by atoms with van der Waals surface area (Å²) in [5.74, 6) is 1.62. The van der Waals surface area contributed by atoms with Gasteiger partial charge >= 0.3 is 0 Å². The Bertz CT molecular complexity index is 592. The van der Waals surface area contributed by atoms with Crippen molar-refractivity contribution in [3.63, 3.8) is 0 Å². The van der Waals surface area contributed by atoms with Crippen molar-refractivity contribution in [2.75, 3.05) is 0 Å². The normalized spacial score (nSPS) is 11.7. The first-order chi connectivity index (χ1) is 7.74. The van der Waals surface area contributed by atoms with Crippen LogP contribution in [0.15, 0.2) is 21.9 Å². The van der Waals surface area contributed by atoms with Crippen molar-refractivity contribution in [1.82, 2.24) is 10.2 Å². The van der Waals surface area contributed by atoms with Crippen LogP contribution < -0.4 is 0 Å². The zero-order valence-corrected chi connectivity index (χ0v) is 10.6. The minimum Gasteiger partial charge on any atom is -0.420 e. The van der Waals surface area contributed by atoms with Crippen LogP contribution in [0.2, 0.25) is 0 Å². The number of fused-ring (bicyclic) bond motifs is 1. The lowest BCUT2D eigenvalue weighted by atomic mass is 10.2. The molecule has 3 heterocycles. The van der Waals surface area contributed by atoms with Gasteiger partial charge in [0.2, 0.25) is 5.89 Å². The molecule has 0 aliphatic heterocycles. The Morgan fingerprint density at radius 3 is 2.81 bits per heavy atom. The van der Waals surface area contributed by atoms with Crippen molar-refractivity contribution in [2.24, 2.45) is 0 Å². The molecule has 0 saturated carbocycles. The highest BCUT2D eigenvalue weighted by molar-refractivity contribution is 7.28. The zero-order chi connectivity index (χ0) is 11.1. The first-order valence-corrected chi connectivity index (χ1v) is 6.74. The fourth-order valence-corrected chi connectivity index (χ4v) is 3.47. The maximum Gasteiger partial charge on any atom is 0.257 e. The summed E-state index contributed by atoms with van der Waals surface area (Å²) < 4.78 is 8.19. The summed E-state index contributed by atoms with van der Waals surface area (Å²) in [5, 5.41) is 10.2. The highest BCUT2D eigenvalue weighted by Crippen LogP contribution is 2.35. The molecule has 3 rings (SSSR count). The second-order valence-corrected chi connectivity index (χ2v) is 5.89. The van der Waals surface area contributed by atoms with Gasteiger partial charge < -0.3 is 4.42 Å². The van der Waals surface area contributed by atoms with Gasteiger partial charge in [-0.25, -0.2) is 0 Å². The molecule has 0 radical (unpaired) electrons. The Balaban J connectivity index is 2.05. The summed E-state index contributed by atoms with van der Waals surface area (Å²) >= 11 is 3.43. The van der Waals surface area contributed by atoms with Gasteiger partial charge in [-0.1, -0.05) is 13.8 Å². The van der Waals surface area contributed by atoms with Crippen LogP contribution in [0.25, 0.3) is 20.2 Å². The fraction of sp³-hybridized carbons (Fsp3) is 0.273. The number of hydrogen-bond donors (Lipinski definition) is 0. The van der Waals surface area contributed by atoms with E-state index in [4.69, 9.17) is 4.42 Å². The molecule has 0 atom stereocenters. The average molecular weight is 250 g/mol. The van der Waals surface area contributed by atoms with Crippen LogP contribution in [0.5, 0.6) is 0 Å². The number of aromatic nitrogens is 2. The number of nitrogens with zero attached hydrogens (tertiary/aromatic N) is 2. The molecule has 5 heteroatoms. The second kappa shape index (κ2) is 3.68. The molecule has 82 valence electrons. The molecule has 0 aliphatic rings. The first kappa shape index (κ1) is 9.99. The molecular formula is C11H10N2OS2. The molecular weight excluding hydrogens is 240 g/mol. The maximum absolute atomic E-state index is 5.62. The molecule has 0 unspecified atom stereocenters. The van der Waals surface area contributed by atoms with Crippen molar-refractivity contribution in [3.8, 4) is 10.8 Å². The molecule has 3 nitrogen and oxygen atoms in total. The molecule has 0 bridgehead atoms. The largest absolute Gasteiger partial charge is 0.420 e. The van der Waals surface area contributed by atoms with Gasteiger partial charge in [0, 0.05) is 15.3 Å². The van der Waals surface area contributed by atoms with Gasteiger partial charge in [-0.05, 0) is 17.5 Å². The summed E-state index contributed by atoms with van der Waals surface area (Å²) in [4.78, 5) is 1.06. The van der Waals surface area contributed by atoms with Crippen LogP contribution in [-0.2, 0) is 0 Å². The smallest absolute Gasteiger partial charge is 0.257 e. The van der Waals surface area contributed by atoms with Gasteiger partial charge in [0.1, 0.15) is 0 Å². The minimum absolute atomic E-state index is 0.280. The van der Waals surface area contributed by atoms with Crippen molar-refractivity contribution < 1.29 is 4.42 Å². The summed E-state index contributed by atoms with van der Waals surface area (Å²) in [5.41, 5.74) is 0. The molecule has 0 amide bonds. The fourth-order valence-electron chi connectivity index (χ4n) is 1.44. The van der Waals surface area contributed by atoms with Gasteiger partial charge in [-0.15, -0.1) is 32.9 Å². The summed E-state index contributed by atoms with van der Waals surface area (Å²) in [6.07, 6.45) is 0. The Kier molecular flexibility index (Phi) is 2.29. The van der Waals surface area contributed by atoms with Crippen LogP contribution in [0.1, 0.15) is 25.7 Å². The highest BCUT2D eigenvalue weighted by Gasteiger charge is 2.13. The SMILES string of the molecule is CC(C)c1nnc(-c2cc3sccc3s2)o1. The number of thiophene rings is 2. The lowest BCUT2D eigenvalue weighted by Gasteiger charge is -1.93. The molecule has 0 spiro atoms. The van der Waals surface area contributed by atoms with Crippen LogP contribution >= 0.6 is 22.7 Å². The van der Waals surface area contributed by atoms with Gasteiger partial charge in [0.15, 0.2) is 0 Å². The third-order valence-electron chi connectivity index (χ3n) is 2.28. The Morgan fingerprint density at radius 1 is 1.25 bits per heavy atom. The van der Waals surface area contributed by atoms with E-state index in [1.165, 1.54) is 9.40 Å². The predicted octanol–water partition coefficient (Wildman–Crippen LogP) is 4.14. The lowest BCUT2D eigenvalue weighted by molar-refractivity contribution is 0.482. The summed E-state index contributed by atoms with van der Waals surface area (Å²) in [6.45, 7) is 4.09. The highest BCUT2D eigenvalue weighted by atomic mass is 32.1. The van der Waals surface area contributed by atoms with E-state index in [0.29, 0.717) is 11.8 Å². The Morgan fingerprint density at radius 2 is 2.12 bits per heavy atom. The number of hydrogen-bond acceptors (Lipinski definition) is 5. The Hall–Kier alpha value is -1.20. The lowest BCUT2D eigenvalue weighted by Crippen LogP contribution is -1.85. The topological polar surface area (TPSA) is 38.9 Å². The van der Waals surface area contributed by atoms with Gasteiger partial charge in [0.05, 0.1) is 4.88 Å². The van der Waals surface area contributed by atoms with E-state index in [2.05, 4.69) is 27.7 Å². The first-order valence-electron chi connectivity index (χ1n) is 5.05. The van der Waals surface area contributed by atoms with E-state index in [1.54, 1.807) is 22.7 Å². The molecule has 3 aromatic heterocycles. The summed E-state index contributed by atoms with van der Waals surface area (Å²) in [6, 6.07) is 4.23. The van der Waals surface area contributed by atoms with Crippen LogP contribution in [0, 0.1) is 0 Å². The van der Waals surface area contributed by atoms with Gasteiger partial charge in [-0.3, -0.25) is 0 Å². The van der Waals surface area contributed by atoms with Crippen LogP contribution in [0.4, 0.5) is 0 Å². The van der Waals surface area contributed by atoms with Crippen molar-refractivity contribution in [3.05, 3.63) is 23.4 Å². The van der Waals surface area contributed by atoms with E-state index < -0.39 is 0 Å². The molecule has 0 aromatic carbocycles. The average Bonchev–Trinajstić information content (AvgIpc) is 2.91.